The van der Waals surface area contributed by atoms with E-state index in [-0.39, 0.29) is 0 Å². The zero-order chi connectivity index (χ0) is 9.90. The summed E-state index contributed by atoms with van der Waals surface area (Å²) in [5.41, 5.74) is 0.625. The molecular formula is C12H25N. The first kappa shape index (κ1) is 11.0. The van der Waals surface area contributed by atoms with E-state index in [9.17, 15) is 0 Å². The van der Waals surface area contributed by atoms with Gasteiger partial charge in [-0.2, -0.15) is 0 Å². The van der Waals surface area contributed by atoms with Crippen LogP contribution in [0.3, 0.4) is 0 Å². The third-order valence-electron chi connectivity index (χ3n) is 3.56. The van der Waals surface area contributed by atoms with Gasteiger partial charge < -0.3 is 5.32 Å². The first-order valence-electron chi connectivity index (χ1n) is 5.79. The zero-order valence-electron chi connectivity index (χ0n) is 9.69. The second-order valence-electron chi connectivity index (χ2n) is 5.19. The summed E-state index contributed by atoms with van der Waals surface area (Å²) >= 11 is 0. The minimum absolute atomic E-state index is 0.625. The molecular weight excluding hydrogens is 158 g/mol. The Bertz CT molecular complexity index is 151. The summed E-state index contributed by atoms with van der Waals surface area (Å²) in [6.45, 7) is 7.05. The van der Waals surface area contributed by atoms with Crippen LogP contribution < -0.4 is 5.32 Å². The molecule has 1 fully saturated rings. The predicted molar refractivity (Wildman–Crippen MR) is 58.9 cm³/mol. The lowest BCUT2D eigenvalue weighted by Gasteiger charge is -2.17. The first-order chi connectivity index (χ1) is 6.11. The molecule has 2 atom stereocenters. The molecule has 0 amide bonds. The van der Waals surface area contributed by atoms with Crippen LogP contribution >= 0.6 is 0 Å². The van der Waals surface area contributed by atoms with E-state index in [1.54, 1.807) is 0 Å². The fraction of sp³-hybridized carbons (Fsp3) is 1.00. The molecule has 1 saturated carbocycles. The summed E-state index contributed by atoms with van der Waals surface area (Å²) in [4.78, 5) is 0. The molecule has 0 radical (unpaired) electrons. The summed E-state index contributed by atoms with van der Waals surface area (Å²) in [7, 11) is 2.12. The summed E-state index contributed by atoms with van der Waals surface area (Å²) < 4.78 is 0. The molecule has 0 heterocycles. The summed E-state index contributed by atoms with van der Waals surface area (Å²) in [6, 6.07) is 0.779. The van der Waals surface area contributed by atoms with E-state index in [1.807, 2.05) is 0 Å². The fourth-order valence-corrected chi connectivity index (χ4v) is 2.36. The Morgan fingerprint density at radius 2 is 2.00 bits per heavy atom. The van der Waals surface area contributed by atoms with Crippen LogP contribution in [0.25, 0.3) is 0 Å². The van der Waals surface area contributed by atoms with Gasteiger partial charge in [-0.25, -0.2) is 0 Å². The van der Waals surface area contributed by atoms with Crippen molar-refractivity contribution in [2.24, 2.45) is 11.3 Å². The third-order valence-corrected chi connectivity index (χ3v) is 3.56. The van der Waals surface area contributed by atoms with Crippen molar-refractivity contribution in [2.75, 3.05) is 7.05 Å². The van der Waals surface area contributed by atoms with Gasteiger partial charge in [-0.1, -0.05) is 40.0 Å². The maximum atomic E-state index is 3.48. The Hall–Kier alpha value is -0.0400. The Balaban J connectivity index is 2.21. The maximum Gasteiger partial charge on any atom is 0.00976 e. The highest BCUT2D eigenvalue weighted by Gasteiger charge is 2.49. The Morgan fingerprint density at radius 3 is 2.38 bits per heavy atom. The Morgan fingerprint density at radius 1 is 1.38 bits per heavy atom. The summed E-state index contributed by atoms with van der Waals surface area (Å²) in [5.74, 6) is 0.939. The van der Waals surface area contributed by atoms with Gasteiger partial charge in [0.2, 0.25) is 0 Å². The number of hydrogen-bond donors (Lipinski definition) is 1. The maximum absolute atomic E-state index is 3.48. The third kappa shape index (κ3) is 2.98. The normalized spacial score (nSPS) is 27.2. The lowest BCUT2D eigenvalue weighted by Crippen LogP contribution is -2.29. The van der Waals surface area contributed by atoms with Gasteiger partial charge in [0.25, 0.3) is 0 Å². The molecule has 1 N–H and O–H groups in total. The van der Waals surface area contributed by atoms with Gasteiger partial charge in [-0.3, -0.25) is 0 Å². The van der Waals surface area contributed by atoms with E-state index >= 15 is 0 Å². The Kier molecular flexibility index (Phi) is 3.78. The molecule has 0 aromatic heterocycles. The van der Waals surface area contributed by atoms with Crippen molar-refractivity contribution < 1.29 is 0 Å². The number of nitrogens with one attached hydrogen (secondary N) is 1. The van der Waals surface area contributed by atoms with Gasteiger partial charge in [0.1, 0.15) is 0 Å². The highest BCUT2D eigenvalue weighted by atomic mass is 14.9. The SMILES string of the molecule is CCCCCC(NC)C1CC1(C)C. The van der Waals surface area contributed by atoms with Gasteiger partial charge in [0, 0.05) is 6.04 Å². The molecule has 1 aliphatic rings. The number of rotatable bonds is 6. The second kappa shape index (κ2) is 4.45. The molecule has 0 bridgehead atoms. The van der Waals surface area contributed by atoms with Crippen molar-refractivity contribution in [1.29, 1.82) is 0 Å². The highest BCUT2D eigenvalue weighted by Crippen LogP contribution is 2.54. The van der Waals surface area contributed by atoms with Gasteiger partial charge in [-0.15, -0.1) is 0 Å². The van der Waals surface area contributed by atoms with Crippen molar-refractivity contribution in [3.63, 3.8) is 0 Å². The van der Waals surface area contributed by atoms with Gasteiger partial charge in [0.15, 0.2) is 0 Å². The highest BCUT2D eigenvalue weighted by molar-refractivity contribution is 5.01. The molecule has 0 aliphatic heterocycles. The molecule has 1 heteroatoms. The van der Waals surface area contributed by atoms with Gasteiger partial charge >= 0.3 is 0 Å². The second-order valence-corrected chi connectivity index (χ2v) is 5.19. The van der Waals surface area contributed by atoms with Crippen LogP contribution in [0.5, 0.6) is 0 Å². The van der Waals surface area contributed by atoms with Crippen LogP contribution in [-0.4, -0.2) is 13.1 Å². The van der Waals surface area contributed by atoms with E-state index in [1.165, 1.54) is 32.1 Å². The lowest BCUT2D eigenvalue weighted by atomic mass is 9.99. The first-order valence-corrected chi connectivity index (χ1v) is 5.79. The van der Waals surface area contributed by atoms with Crippen molar-refractivity contribution in [1.82, 2.24) is 5.32 Å². The predicted octanol–water partition coefficient (Wildman–Crippen LogP) is 3.20. The van der Waals surface area contributed by atoms with Crippen LogP contribution in [-0.2, 0) is 0 Å². The largest absolute Gasteiger partial charge is 0.317 e. The molecule has 0 aromatic carbocycles. The van der Waals surface area contributed by atoms with E-state index in [4.69, 9.17) is 0 Å². The Labute approximate surface area is 83.3 Å². The number of unbranched alkanes of at least 4 members (excludes halogenated alkanes) is 2. The van der Waals surface area contributed by atoms with Crippen LogP contribution in [0.15, 0.2) is 0 Å². The van der Waals surface area contributed by atoms with Crippen LogP contribution in [0, 0.1) is 11.3 Å². The standard InChI is InChI=1S/C12H25N/c1-5-6-7-8-11(13-4)10-9-12(10,2)3/h10-11,13H,5-9H2,1-4H3. The molecule has 13 heavy (non-hydrogen) atoms. The molecule has 0 aromatic rings. The fourth-order valence-electron chi connectivity index (χ4n) is 2.36. The molecule has 1 aliphatic carbocycles. The smallest absolute Gasteiger partial charge is 0.00976 e. The summed E-state index contributed by atoms with van der Waals surface area (Å²) in [5, 5.41) is 3.48. The van der Waals surface area contributed by atoms with E-state index < -0.39 is 0 Å². The average Bonchev–Trinajstić information content (AvgIpc) is 2.69. The van der Waals surface area contributed by atoms with Crippen molar-refractivity contribution in [2.45, 2.75) is 58.9 Å². The summed E-state index contributed by atoms with van der Waals surface area (Å²) in [6.07, 6.45) is 6.92. The van der Waals surface area contributed by atoms with Crippen molar-refractivity contribution in [3.8, 4) is 0 Å². The van der Waals surface area contributed by atoms with Crippen molar-refractivity contribution in [3.05, 3.63) is 0 Å². The minimum Gasteiger partial charge on any atom is -0.317 e. The molecule has 0 saturated heterocycles. The van der Waals surface area contributed by atoms with Crippen LogP contribution in [0.1, 0.15) is 52.9 Å². The average molecular weight is 183 g/mol. The van der Waals surface area contributed by atoms with Crippen LogP contribution in [0.2, 0.25) is 0 Å². The monoisotopic (exact) mass is 183 g/mol. The van der Waals surface area contributed by atoms with Gasteiger partial charge in [-0.05, 0) is 31.2 Å². The van der Waals surface area contributed by atoms with Crippen molar-refractivity contribution >= 4 is 0 Å². The van der Waals surface area contributed by atoms with Gasteiger partial charge in [0.05, 0.1) is 0 Å². The molecule has 78 valence electrons. The van der Waals surface area contributed by atoms with E-state index in [0.717, 1.165) is 12.0 Å². The molecule has 2 unspecified atom stereocenters. The van der Waals surface area contributed by atoms with E-state index in [2.05, 4.69) is 33.1 Å². The molecule has 1 rings (SSSR count). The topological polar surface area (TPSA) is 12.0 Å². The van der Waals surface area contributed by atoms with E-state index in [0.29, 0.717) is 5.41 Å². The lowest BCUT2D eigenvalue weighted by molar-refractivity contribution is 0.394. The zero-order valence-corrected chi connectivity index (χ0v) is 9.69. The minimum atomic E-state index is 0.625. The molecule has 1 nitrogen and oxygen atoms in total. The number of hydrogen-bond acceptors (Lipinski definition) is 1. The quantitative estimate of drug-likeness (QED) is 0.624. The van der Waals surface area contributed by atoms with Crippen LogP contribution in [0.4, 0.5) is 0 Å². The molecule has 0 spiro atoms.